The van der Waals surface area contributed by atoms with Gasteiger partial charge in [-0.15, -0.1) is 10.1 Å². The van der Waals surface area contributed by atoms with E-state index in [1.54, 1.807) is 0 Å². The van der Waals surface area contributed by atoms with Gasteiger partial charge in [-0.25, -0.2) is 0 Å². The summed E-state index contributed by atoms with van der Waals surface area (Å²) in [6, 6.07) is -0.838. The average molecular weight is 234 g/mol. The lowest BCUT2D eigenvalue weighted by atomic mass is 10.0. The van der Waals surface area contributed by atoms with Gasteiger partial charge >= 0.3 is 0 Å². The van der Waals surface area contributed by atoms with Gasteiger partial charge in [-0.1, -0.05) is 6.42 Å². The van der Waals surface area contributed by atoms with Crippen molar-refractivity contribution in [3.8, 4) is 0 Å². The topological polar surface area (TPSA) is 116 Å². The molecule has 0 saturated carbocycles. The van der Waals surface area contributed by atoms with E-state index in [4.69, 9.17) is 10.8 Å². The zero-order chi connectivity index (χ0) is 12.6. The van der Waals surface area contributed by atoms with Crippen molar-refractivity contribution < 1.29 is 19.8 Å². The van der Waals surface area contributed by atoms with Crippen molar-refractivity contribution in [1.29, 1.82) is 0 Å². The molecule has 0 saturated heterocycles. The van der Waals surface area contributed by atoms with E-state index < -0.39 is 17.2 Å². The second-order valence-electron chi connectivity index (χ2n) is 3.60. The van der Waals surface area contributed by atoms with E-state index in [1.807, 2.05) is 0 Å². The molecule has 2 unspecified atom stereocenters. The Morgan fingerprint density at radius 1 is 1.50 bits per heavy atom. The lowest BCUT2D eigenvalue weighted by Crippen LogP contribution is -2.40. The van der Waals surface area contributed by atoms with Crippen LogP contribution in [0.1, 0.15) is 32.6 Å². The van der Waals surface area contributed by atoms with Gasteiger partial charge in [0.2, 0.25) is 0 Å². The van der Waals surface area contributed by atoms with E-state index in [-0.39, 0.29) is 18.8 Å². The van der Waals surface area contributed by atoms with Crippen LogP contribution >= 0.6 is 0 Å². The molecule has 0 fully saturated rings. The maximum absolute atomic E-state index is 11.3. The van der Waals surface area contributed by atoms with E-state index in [2.05, 4.69) is 4.84 Å². The summed E-state index contributed by atoms with van der Waals surface area (Å²) in [5, 5.41) is 18.0. The van der Waals surface area contributed by atoms with Gasteiger partial charge in [0, 0.05) is 6.42 Å². The number of unbranched alkanes of at least 4 members (excludes halogenated alkanes) is 2. The van der Waals surface area contributed by atoms with Crippen LogP contribution in [0.15, 0.2) is 0 Å². The number of carbonyl (C=O) groups excluding carboxylic acids is 1. The molecule has 0 amide bonds. The smallest absolute Gasteiger partial charge is 0.294 e. The Labute approximate surface area is 93.7 Å². The predicted molar refractivity (Wildman–Crippen MR) is 56.1 cm³/mol. The van der Waals surface area contributed by atoms with Crippen LogP contribution in [0, 0.1) is 10.1 Å². The highest BCUT2D eigenvalue weighted by molar-refractivity contribution is 5.84. The fourth-order valence-electron chi connectivity index (χ4n) is 1.15. The average Bonchev–Trinajstić information content (AvgIpc) is 2.21. The van der Waals surface area contributed by atoms with Crippen molar-refractivity contribution >= 4 is 5.78 Å². The molecular formula is C9H18N2O5. The van der Waals surface area contributed by atoms with Crippen LogP contribution in [-0.2, 0) is 9.63 Å². The van der Waals surface area contributed by atoms with Gasteiger partial charge in [0.05, 0.1) is 18.8 Å². The molecule has 0 aromatic heterocycles. The second-order valence-corrected chi connectivity index (χ2v) is 3.60. The number of aliphatic hydroxyl groups excluding tert-OH is 1. The molecule has 0 aromatic rings. The number of hydrogen-bond donors (Lipinski definition) is 2. The number of hydrogen-bond acceptors (Lipinski definition) is 6. The van der Waals surface area contributed by atoms with Gasteiger partial charge in [0.25, 0.3) is 5.09 Å². The fraction of sp³-hybridized carbons (Fsp3) is 0.889. The van der Waals surface area contributed by atoms with Crippen LogP contribution < -0.4 is 5.73 Å². The lowest BCUT2D eigenvalue weighted by molar-refractivity contribution is -0.757. The van der Waals surface area contributed by atoms with E-state index in [1.165, 1.54) is 6.92 Å². The monoisotopic (exact) mass is 234 g/mol. The van der Waals surface area contributed by atoms with Crippen molar-refractivity contribution in [3.63, 3.8) is 0 Å². The van der Waals surface area contributed by atoms with Crippen molar-refractivity contribution in [2.24, 2.45) is 5.73 Å². The fourth-order valence-corrected chi connectivity index (χ4v) is 1.15. The summed E-state index contributed by atoms with van der Waals surface area (Å²) >= 11 is 0. The highest BCUT2D eigenvalue weighted by Crippen LogP contribution is 2.04. The Balaban J connectivity index is 3.45. The molecule has 0 aromatic carbocycles. The number of rotatable bonds is 9. The van der Waals surface area contributed by atoms with Crippen LogP contribution in [-0.4, -0.2) is 34.7 Å². The van der Waals surface area contributed by atoms with Gasteiger partial charge in [0.15, 0.2) is 5.78 Å². The van der Waals surface area contributed by atoms with Crippen LogP contribution in [0.3, 0.4) is 0 Å². The number of ketones is 1. The van der Waals surface area contributed by atoms with Crippen LogP contribution in [0.5, 0.6) is 0 Å². The van der Waals surface area contributed by atoms with E-state index in [9.17, 15) is 14.9 Å². The molecule has 0 aliphatic rings. The Morgan fingerprint density at radius 2 is 2.12 bits per heavy atom. The molecule has 3 N–H and O–H groups in total. The molecule has 0 aliphatic carbocycles. The largest absolute Gasteiger partial charge is 0.391 e. The van der Waals surface area contributed by atoms with E-state index in [0.29, 0.717) is 19.3 Å². The first kappa shape index (κ1) is 14.8. The van der Waals surface area contributed by atoms with Gasteiger partial charge in [0.1, 0.15) is 0 Å². The highest BCUT2D eigenvalue weighted by Gasteiger charge is 2.17. The van der Waals surface area contributed by atoms with Crippen LogP contribution in [0.25, 0.3) is 0 Å². The molecule has 16 heavy (non-hydrogen) atoms. The standard InChI is InChI=1S/C9H18N2O5/c1-7(12)9(10)8(13)5-3-2-4-6-16-11(14)15/h7,9,12H,2-6,10H2,1H3. The number of nitrogens with zero attached hydrogens (tertiary/aromatic N) is 1. The Bertz CT molecular complexity index is 232. The van der Waals surface area contributed by atoms with Crippen molar-refractivity contribution in [2.75, 3.05) is 6.61 Å². The molecule has 2 atom stereocenters. The molecule has 0 spiro atoms. The molecule has 0 rings (SSSR count). The zero-order valence-corrected chi connectivity index (χ0v) is 9.30. The minimum absolute atomic E-state index is 0.0453. The third-order valence-corrected chi connectivity index (χ3v) is 2.16. The third-order valence-electron chi connectivity index (χ3n) is 2.16. The lowest BCUT2D eigenvalue weighted by Gasteiger charge is -2.12. The SMILES string of the molecule is CC(O)C(N)C(=O)CCCCCO[N+](=O)[O-]. The number of Topliss-reactive ketones (excluding diaryl/α,β-unsaturated/α-hetero) is 1. The van der Waals surface area contributed by atoms with Gasteiger partial charge in [-0.05, 0) is 19.8 Å². The summed E-state index contributed by atoms with van der Waals surface area (Å²) in [5.74, 6) is -0.190. The molecular weight excluding hydrogens is 216 g/mol. The number of carbonyl (C=O) groups is 1. The molecule has 7 nitrogen and oxygen atoms in total. The van der Waals surface area contributed by atoms with Gasteiger partial charge < -0.3 is 15.7 Å². The van der Waals surface area contributed by atoms with E-state index in [0.717, 1.165) is 0 Å². The Kier molecular flexibility index (Phi) is 7.40. The quantitative estimate of drug-likeness (QED) is 0.330. The molecule has 0 heterocycles. The summed E-state index contributed by atoms with van der Waals surface area (Å²) in [6.45, 7) is 1.51. The summed E-state index contributed by atoms with van der Waals surface area (Å²) in [6.07, 6.45) is 1.22. The van der Waals surface area contributed by atoms with Gasteiger partial charge in [-0.3, -0.25) is 4.79 Å². The maximum atomic E-state index is 11.3. The molecule has 0 aliphatic heterocycles. The molecule has 0 radical (unpaired) electrons. The molecule has 7 heteroatoms. The first-order chi connectivity index (χ1) is 7.45. The second kappa shape index (κ2) is 8.00. The van der Waals surface area contributed by atoms with Crippen molar-refractivity contribution in [2.45, 2.75) is 44.8 Å². The minimum atomic E-state index is -0.842. The van der Waals surface area contributed by atoms with Crippen molar-refractivity contribution in [3.05, 3.63) is 10.1 Å². The highest BCUT2D eigenvalue weighted by atomic mass is 16.9. The van der Waals surface area contributed by atoms with Gasteiger partial charge in [-0.2, -0.15) is 0 Å². The normalized spacial score (nSPS) is 14.2. The maximum Gasteiger partial charge on any atom is 0.294 e. The van der Waals surface area contributed by atoms with Crippen LogP contribution in [0.2, 0.25) is 0 Å². The Morgan fingerprint density at radius 3 is 2.62 bits per heavy atom. The molecule has 0 bridgehead atoms. The first-order valence-electron chi connectivity index (χ1n) is 5.18. The summed E-state index contributed by atoms with van der Waals surface area (Å²) in [7, 11) is 0. The van der Waals surface area contributed by atoms with Crippen molar-refractivity contribution in [1.82, 2.24) is 0 Å². The van der Waals surface area contributed by atoms with E-state index >= 15 is 0 Å². The minimum Gasteiger partial charge on any atom is -0.391 e. The number of nitrogens with two attached hydrogens (primary N) is 1. The Hall–Kier alpha value is -1.21. The molecule has 94 valence electrons. The summed E-state index contributed by atoms with van der Waals surface area (Å²) in [4.78, 5) is 25.2. The summed E-state index contributed by atoms with van der Waals surface area (Å²) in [5.41, 5.74) is 5.43. The number of aliphatic hydroxyl groups is 1. The summed E-state index contributed by atoms with van der Waals surface area (Å²) < 4.78 is 0. The van der Waals surface area contributed by atoms with Crippen LogP contribution in [0.4, 0.5) is 0 Å². The third kappa shape index (κ3) is 7.13. The first-order valence-corrected chi connectivity index (χ1v) is 5.18. The predicted octanol–water partition coefficient (Wildman–Crippen LogP) is 0.0323. The zero-order valence-electron chi connectivity index (χ0n) is 9.30.